The minimum atomic E-state index is -0.444. The molecule has 2 heterocycles. The van der Waals surface area contributed by atoms with E-state index in [0.29, 0.717) is 22.9 Å². The molecular weight excluding hydrogens is 588 g/mol. The number of hydrogen-bond acceptors (Lipinski definition) is 3. The highest BCUT2D eigenvalue weighted by Gasteiger charge is 2.20. The van der Waals surface area contributed by atoms with Crippen molar-refractivity contribution in [1.82, 2.24) is 4.40 Å². The summed E-state index contributed by atoms with van der Waals surface area (Å²) in [6.07, 6.45) is 0. The highest BCUT2D eigenvalue weighted by molar-refractivity contribution is 6.07. The standard InChI is InChI=1S/C44H30N2O2/c1-4-12-32(13-5-1)43-39-18-10-11-19-40(39)46-41-29-22-33(30-42(41)48-44(43)46)31-20-23-35(24-21-31)45(34-14-6-2-7-15-34)36-25-27-38(28-26-36)47-37-16-8-3-9-17-37/h1-30H/i2D,6D,7D,14D,15D. The number of rotatable bonds is 7. The molecule has 48 heavy (non-hydrogen) atoms. The smallest absolute Gasteiger partial charge is 0.213 e. The van der Waals surface area contributed by atoms with Crippen LogP contribution in [0.4, 0.5) is 17.1 Å². The Kier molecular flexibility index (Phi) is 5.58. The highest BCUT2D eigenvalue weighted by atomic mass is 16.5. The summed E-state index contributed by atoms with van der Waals surface area (Å²) in [6, 6.07) is 47.3. The van der Waals surface area contributed by atoms with Crippen LogP contribution in [0.1, 0.15) is 6.85 Å². The molecule has 0 saturated carbocycles. The second-order valence-corrected chi connectivity index (χ2v) is 11.4. The average molecular weight is 624 g/mol. The van der Waals surface area contributed by atoms with E-state index < -0.39 is 18.1 Å². The maximum atomic E-state index is 8.81. The van der Waals surface area contributed by atoms with Gasteiger partial charge in [-0.05, 0) is 95.5 Å². The summed E-state index contributed by atoms with van der Waals surface area (Å²) in [6.45, 7) is 0. The SMILES string of the molecule is [2H]c1c([2H])c([2H])c(N(c2ccc(Oc3ccccc3)cc2)c2ccc(-c3ccc4c(c3)oc3c(-c5ccccc5)c5ccccc5n34)cc2)c([2H])c1[2H]. The van der Waals surface area contributed by atoms with Crippen LogP contribution >= 0.6 is 0 Å². The second kappa shape index (κ2) is 11.7. The van der Waals surface area contributed by atoms with Gasteiger partial charge in [0, 0.05) is 22.4 Å². The van der Waals surface area contributed by atoms with E-state index in [1.807, 2.05) is 103 Å². The molecule has 2 aromatic heterocycles. The van der Waals surface area contributed by atoms with Crippen molar-refractivity contribution in [2.45, 2.75) is 0 Å². The first-order valence-corrected chi connectivity index (χ1v) is 15.7. The summed E-state index contributed by atoms with van der Waals surface area (Å²) >= 11 is 0. The largest absolute Gasteiger partial charge is 0.457 e. The van der Waals surface area contributed by atoms with E-state index in [-0.39, 0.29) is 17.8 Å². The van der Waals surface area contributed by atoms with Crippen LogP contribution in [0.15, 0.2) is 186 Å². The Balaban J connectivity index is 1.12. The zero-order valence-electron chi connectivity index (χ0n) is 30.6. The zero-order chi connectivity index (χ0) is 36.2. The summed E-state index contributed by atoms with van der Waals surface area (Å²) in [7, 11) is 0. The van der Waals surface area contributed by atoms with E-state index >= 15 is 0 Å². The van der Waals surface area contributed by atoms with Crippen molar-refractivity contribution in [1.29, 1.82) is 0 Å². The Morgan fingerprint density at radius 1 is 0.521 bits per heavy atom. The molecule has 4 heteroatoms. The van der Waals surface area contributed by atoms with Crippen LogP contribution in [0.2, 0.25) is 0 Å². The van der Waals surface area contributed by atoms with Gasteiger partial charge in [0.15, 0.2) is 5.58 Å². The Morgan fingerprint density at radius 3 is 1.90 bits per heavy atom. The number of benzene rings is 7. The molecule has 0 saturated heterocycles. The number of fused-ring (bicyclic) bond motifs is 5. The zero-order valence-corrected chi connectivity index (χ0v) is 25.6. The van der Waals surface area contributed by atoms with Crippen molar-refractivity contribution >= 4 is 44.8 Å². The fourth-order valence-corrected chi connectivity index (χ4v) is 6.35. The number of aromatic nitrogens is 1. The van der Waals surface area contributed by atoms with Crippen LogP contribution in [0.3, 0.4) is 0 Å². The maximum absolute atomic E-state index is 8.81. The minimum absolute atomic E-state index is 0.0507. The molecule has 0 aliphatic rings. The number of nitrogens with zero attached hydrogens (tertiary/aromatic N) is 2. The van der Waals surface area contributed by atoms with E-state index in [1.165, 1.54) is 0 Å². The molecule has 7 aromatic carbocycles. The molecule has 0 amide bonds. The predicted molar refractivity (Wildman–Crippen MR) is 197 cm³/mol. The van der Waals surface area contributed by atoms with E-state index in [1.54, 1.807) is 17.0 Å². The third-order valence-electron chi connectivity index (χ3n) is 8.54. The molecule has 0 aliphatic heterocycles. The summed E-state index contributed by atoms with van der Waals surface area (Å²) in [5.74, 6) is 1.29. The average Bonchev–Trinajstić information content (AvgIpc) is 3.73. The van der Waals surface area contributed by atoms with Crippen LogP contribution < -0.4 is 9.64 Å². The molecule has 0 spiro atoms. The predicted octanol–water partition coefficient (Wildman–Crippen LogP) is 12.4. The van der Waals surface area contributed by atoms with Gasteiger partial charge in [0.25, 0.3) is 0 Å². The topological polar surface area (TPSA) is 30.0 Å². The molecule has 228 valence electrons. The molecule has 0 aliphatic carbocycles. The molecule has 0 unspecified atom stereocenters. The van der Waals surface area contributed by atoms with Gasteiger partial charge in [-0.25, -0.2) is 0 Å². The van der Waals surface area contributed by atoms with Gasteiger partial charge in [-0.2, -0.15) is 0 Å². The van der Waals surface area contributed by atoms with Gasteiger partial charge >= 0.3 is 0 Å². The van der Waals surface area contributed by atoms with Crippen LogP contribution in [0.5, 0.6) is 11.5 Å². The molecule has 9 rings (SSSR count). The Labute approximate surface area is 285 Å². The fraction of sp³-hybridized carbons (Fsp3) is 0. The number of ether oxygens (including phenoxy) is 1. The number of anilines is 3. The Bertz CT molecular complexity index is 2770. The molecular formula is C44H30N2O2. The quantitative estimate of drug-likeness (QED) is 0.177. The van der Waals surface area contributed by atoms with Gasteiger partial charge in [0.05, 0.1) is 23.5 Å². The van der Waals surface area contributed by atoms with Gasteiger partial charge in [-0.3, -0.25) is 4.40 Å². The normalized spacial score (nSPS) is 12.8. The Morgan fingerprint density at radius 2 is 1.15 bits per heavy atom. The van der Waals surface area contributed by atoms with Gasteiger partial charge in [0.1, 0.15) is 11.5 Å². The van der Waals surface area contributed by atoms with Crippen molar-refractivity contribution in [2.75, 3.05) is 4.90 Å². The van der Waals surface area contributed by atoms with E-state index in [0.717, 1.165) is 50.0 Å². The second-order valence-electron chi connectivity index (χ2n) is 11.4. The third kappa shape index (κ3) is 4.88. The number of para-hydroxylation sites is 3. The van der Waals surface area contributed by atoms with Gasteiger partial charge in [-0.1, -0.05) is 103 Å². The lowest BCUT2D eigenvalue weighted by Crippen LogP contribution is -2.09. The van der Waals surface area contributed by atoms with Crippen LogP contribution in [0.25, 0.3) is 50.0 Å². The van der Waals surface area contributed by atoms with Crippen LogP contribution in [-0.2, 0) is 0 Å². The maximum Gasteiger partial charge on any atom is 0.213 e. The lowest BCUT2D eigenvalue weighted by atomic mass is 10.0. The van der Waals surface area contributed by atoms with Crippen molar-refractivity contribution in [3.05, 3.63) is 182 Å². The van der Waals surface area contributed by atoms with Crippen molar-refractivity contribution in [2.24, 2.45) is 0 Å². The molecule has 0 atom stereocenters. The molecule has 0 fully saturated rings. The van der Waals surface area contributed by atoms with Crippen molar-refractivity contribution < 1.29 is 16.0 Å². The Hall–Kier alpha value is -6.52. The summed E-state index contributed by atoms with van der Waals surface area (Å²) in [4.78, 5) is 1.69. The molecule has 0 N–H and O–H groups in total. The van der Waals surface area contributed by atoms with E-state index in [2.05, 4.69) is 40.8 Å². The van der Waals surface area contributed by atoms with Crippen LogP contribution in [0, 0.1) is 0 Å². The van der Waals surface area contributed by atoms with Crippen molar-refractivity contribution in [3.63, 3.8) is 0 Å². The molecule has 0 radical (unpaired) electrons. The summed E-state index contributed by atoms with van der Waals surface area (Å²) < 4.78 is 57.4. The first-order chi connectivity index (χ1) is 25.9. The summed E-state index contributed by atoms with van der Waals surface area (Å²) in [5.41, 5.74) is 8.87. The molecule has 4 nitrogen and oxygen atoms in total. The van der Waals surface area contributed by atoms with Crippen molar-refractivity contribution in [3.8, 4) is 33.8 Å². The lowest BCUT2D eigenvalue weighted by molar-refractivity contribution is 0.483. The first-order valence-electron chi connectivity index (χ1n) is 18.2. The molecule has 0 bridgehead atoms. The van der Waals surface area contributed by atoms with Gasteiger partial charge < -0.3 is 14.1 Å². The first kappa shape index (κ1) is 22.9. The highest BCUT2D eigenvalue weighted by Crippen LogP contribution is 2.41. The summed E-state index contributed by atoms with van der Waals surface area (Å²) in [5, 5.41) is 1.13. The van der Waals surface area contributed by atoms with E-state index in [9.17, 15) is 0 Å². The minimum Gasteiger partial charge on any atom is -0.457 e. The van der Waals surface area contributed by atoms with Crippen LogP contribution in [-0.4, -0.2) is 4.40 Å². The third-order valence-corrected chi connectivity index (χ3v) is 8.54. The fourth-order valence-electron chi connectivity index (χ4n) is 6.35. The van der Waals surface area contributed by atoms with E-state index in [4.69, 9.17) is 16.0 Å². The lowest BCUT2D eigenvalue weighted by Gasteiger charge is -2.25. The van der Waals surface area contributed by atoms with Gasteiger partial charge in [0.2, 0.25) is 5.71 Å². The monoisotopic (exact) mass is 623 g/mol. The number of oxazole rings is 1. The molecule has 9 aromatic rings. The number of hydrogen-bond donors (Lipinski definition) is 0. The van der Waals surface area contributed by atoms with Gasteiger partial charge in [-0.15, -0.1) is 0 Å².